The van der Waals surface area contributed by atoms with Gasteiger partial charge < -0.3 is 15.4 Å². The summed E-state index contributed by atoms with van der Waals surface area (Å²) in [5.41, 5.74) is 1.41. The van der Waals surface area contributed by atoms with E-state index in [2.05, 4.69) is 25.3 Å². The third kappa shape index (κ3) is 7.66. The maximum atomic E-state index is 12.2. The van der Waals surface area contributed by atoms with Crippen molar-refractivity contribution in [3.05, 3.63) is 47.7 Å². The van der Waals surface area contributed by atoms with Gasteiger partial charge in [-0.15, -0.1) is 0 Å². The van der Waals surface area contributed by atoms with Crippen LogP contribution in [0.3, 0.4) is 0 Å². The number of hydrogen-bond acceptors (Lipinski definition) is 8. The molecular weight excluding hydrogens is 394 g/mol. The van der Waals surface area contributed by atoms with Crippen LogP contribution in [0.15, 0.2) is 36.5 Å². The van der Waals surface area contributed by atoms with E-state index in [4.69, 9.17) is 4.74 Å². The van der Waals surface area contributed by atoms with Gasteiger partial charge in [0.25, 0.3) is 0 Å². The molecule has 2 aromatic rings. The molecule has 10 heteroatoms. The number of esters is 1. The van der Waals surface area contributed by atoms with Gasteiger partial charge in [0.05, 0.1) is 12.4 Å². The molecule has 1 aromatic carbocycles. The lowest BCUT2D eigenvalue weighted by Crippen LogP contribution is -2.30. The molecule has 0 saturated carbocycles. The van der Waals surface area contributed by atoms with E-state index in [1.54, 1.807) is 13.8 Å². The second-order valence-corrected chi connectivity index (χ2v) is 8.16. The van der Waals surface area contributed by atoms with Gasteiger partial charge in [0.15, 0.2) is 0 Å². The molecule has 0 spiro atoms. The molecule has 158 valence electrons. The van der Waals surface area contributed by atoms with E-state index >= 15 is 0 Å². The van der Waals surface area contributed by atoms with E-state index in [-0.39, 0.29) is 30.4 Å². The normalized spacial score (nSPS) is 11.1. The predicted molar refractivity (Wildman–Crippen MR) is 113 cm³/mol. The van der Waals surface area contributed by atoms with Crippen LogP contribution in [-0.4, -0.2) is 56.3 Å². The van der Waals surface area contributed by atoms with E-state index in [0.29, 0.717) is 18.9 Å². The van der Waals surface area contributed by atoms with Crippen molar-refractivity contribution in [2.75, 3.05) is 42.6 Å². The Morgan fingerprint density at radius 2 is 1.83 bits per heavy atom. The molecule has 1 heterocycles. The summed E-state index contributed by atoms with van der Waals surface area (Å²) in [6, 6.07) is 9.95. The smallest absolute Gasteiger partial charge is 0.343 e. The Morgan fingerprint density at radius 3 is 2.52 bits per heavy atom. The highest BCUT2D eigenvalue weighted by molar-refractivity contribution is 7.89. The minimum Gasteiger partial charge on any atom is -0.462 e. The van der Waals surface area contributed by atoms with Crippen LogP contribution in [0.5, 0.6) is 0 Å². The molecule has 0 saturated heterocycles. The van der Waals surface area contributed by atoms with Gasteiger partial charge in [0, 0.05) is 25.8 Å². The number of benzene rings is 1. The molecule has 0 bridgehead atoms. The van der Waals surface area contributed by atoms with Crippen molar-refractivity contribution in [1.29, 1.82) is 0 Å². The molecule has 1 aromatic heterocycles. The second kappa shape index (κ2) is 11.3. The second-order valence-electron chi connectivity index (χ2n) is 6.06. The summed E-state index contributed by atoms with van der Waals surface area (Å²) in [6.45, 7) is 4.63. The Labute approximate surface area is 171 Å². The fourth-order valence-corrected chi connectivity index (χ4v) is 3.03. The van der Waals surface area contributed by atoms with Gasteiger partial charge in [-0.2, -0.15) is 4.98 Å². The highest BCUT2D eigenvalue weighted by atomic mass is 32.2. The number of nitrogens with one attached hydrogen (secondary N) is 3. The standard InChI is InChI=1S/C19H27N5O4S/c1-3-28-18(25)16-14-22-19(21-12-13-23-29(26,27)4-2)24-17(16)20-11-10-15-8-6-5-7-9-15/h5-9,14,23H,3-4,10-13H2,1-2H3,(H2,20,21,22,24). The van der Waals surface area contributed by atoms with Gasteiger partial charge in [-0.05, 0) is 25.8 Å². The molecule has 3 N–H and O–H groups in total. The van der Waals surface area contributed by atoms with Crippen molar-refractivity contribution in [3.8, 4) is 0 Å². The average Bonchev–Trinajstić information content (AvgIpc) is 2.72. The van der Waals surface area contributed by atoms with E-state index in [1.165, 1.54) is 6.20 Å². The van der Waals surface area contributed by atoms with Gasteiger partial charge in [0.2, 0.25) is 16.0 Å². The topological polar surface area (TPSA) is 122 Å². The van der Waals surface area contributed by atoms with Gasteiger partial charge in [-0.25, -0.2) is 22.9 Å². The van der Waals surface area contributed by atoms with Gasteiger partial charge in [0.1, 0.15) is 11.4 Å². The third-order valence-corrected chi connectivity index (χ3v) is 5.35. The van der Waals surface area contributed by atoms with Crippen LogP contribution in [-0.2, 0) is 21.2 Å². The lowest BCUT2D eigenvalue weighted by atomic mass is 10.1. The summed E-state index contributed by atoms with van der Waals surface area (Å²) in [6.07, 6.45) is 2.16. The first-order valence-electron chi connectivity index (χ1n) is 9.48. The number of anilines is 2. The first-order valence-corrected chi connectivity index (χ1v) is 11.1. The fraction of sp³-hybridized carbons (Fsp3) is 0.421. The number of carbonyl (C=O) groups is 1. The average molecular weight is 422 g/mol. The van der Waals surface area contributed by atoms with Crippen molar-refractivity contribution in [3.63, 3.8) is 0 Å². The molecule has 0 radical (unpaired) electrons. The zero-order valence-electron chi connectivity index (χ0n) is 16.6. The lowest BCUT2D eigenvalue weighted by molar-refractivity contribution is 0.0526. The zero-order valence-corrected chi connectivity index (χ0v) is 17.5. The SMILES string of the molecule is CCOC(=O)c1cnc(NCCNS(=O)(=O)CC)nc1NCCc1ccccc1. The highest BCUT2D eigenvalue weighted by Gasteiger charge is 2.16. The number of nitrogens with zero attached hydrogens (tertiary/aromatic N) is 2. The molecule has 0 fully saturated rings. The van der Waals surface area contributed by atoms with Crippen LogP contribution in [0, 0.1) is 0 Å². The van der Waals surface area contributed by atoms with E-state index < -0.39 is 16.0 Å². The van der Waals surface area contributed by atoms with Crippen molar-refractivity contribution in [2.24, 2.45) is 0 Å². The monoisotopic (exact) mass is 421 g/mol. The van der Waals surface area contributed by atoms with Crippen LogP contribution in [0.2, 0.25) is 0 Å². The van der Waals surface area contributed by atoms with E-state index in [9.17, 15) is 13.2 Å². The molecule has 0 amide bonds. The van der Waals surface area contributed by atoms with Crippen molar-refractivity contribution >= 4 is 27.8 Å². The van der Waals surface area contributed by atoms with Crippen LogP contribution in [0.25, 0.3) is 0 Å². The largest absolute Gasteiger partial charge is 0.462 e. The number of aromatic nitrogens is 2. The number of carbonyl (C=O) groups excluding carboxylic acids is 1. The van der Waals surface area contributed by atoms with Gasteiger partial charge in [-0.1, -0.05) is 30.3 Å². The van der Waals surface area contributed by atoms with E-state index in [1.807, 2.05) is 30.3 Å². The first-order chi connectivity index (χ1) is 13.9. The fourth-order valence-electron chi connectivity index (χ4n) is 2.41. The zero-order chi connectivity index (χ0) is 21.1. The molecule has 9 nitrogen and oxygen atoms in total. The summed E-state index contributed by atoms with van der Waals surface area (Å²) in [4.78, 5) is 20.6. The number of ether oxygens (including phenoxy) is 1. The Bertz CT molecular complexity index is 891. The number of sulfonamides is 1. The summed E-state index contributed by atoms with van der Waals surface area (Å²) in [7, 11) is -3.25. The Hall–Kier alpha value is -2.72. The van der Waals surface area contributed by atoms with Crippen LogP contribution < -0.4 is 15.4 Å². The predicted octanol–water partition coefficient (Wildman–Crippen LogP) is 1.66. The van der Waals surface area contributed by atoms with Crippen LogP contribution in [0.4, 0.5) is 11.8 Å². The molecule has 0 aliphatic rings. The molecule has 0 unspecified atom stereocenters. The third-order valence-electron chi connectivity index (χ3n) is 3.94. The molecule has 29 heavy (non-hydrogen) atoms. The quantitative estimate of drug-likeness (QED) is 0.349. The summed E-state index contributed by atoms with van der Waals surface area (Å²) < 4.78 is 30.4. The number of rotatable bonds is 12. The van der Waals surface area contributed by atoms with Crippen molar-refractivity contribution < 1.29 is 17.9 Å². The Morgan fingerprint density at radius 1 is 1.07 bits per heavy atom. The lowest BCUT2D eigenvalue weighted by Gasteiger charge is -2.12. The minimum atomic E-state index is -3.25. The van der Waals surface area contributed by atoms with Crippen molar-refractivity contribution in [2.45, 2.75) is 20.3 Å². The minimum absolute atomic E-state index is 0.0211. The molecule has 0 atom stereocenters. The van der Waals surface area contributed by atoms with E-state index in [0.717, 1.165) is 12.0 Å². The molecule has 2 rings (SSSR count). The molecular formula is C19H27N5O4S. The summed E-state index contributed by atoms with van der Waals surface area (Å²) in [5.74, 6) is 0.173. The summed E-state index contributed by atoms with van der Waals surface area (Å²) >= 11 is 0. The Balaban J connectivity index is 2.02. The van der Waals surface area contributed by atoms with Crippen molar-refractivity contribution in [1.82, 2.24) is 14.7 Å². The highest BCUT2D eigenvalue weighted by Crippen LogP contribution is 2.15. The maximum absolute atomic E-state index is 12.2. The number of hydrogen-bond donors (Lipinski definition) is 3. The summed E-state index contributed by atoms with van der Waals surface area (Å²) in [5, 5.41) is 6.11. The maximum Gasteiger partial charge on any atom is 0.343 e. The van der Waals surface area contributed by atoms with Gasteiger partial charge in [-0.3, -0.25) is 0 Å². The van der Waals surface area contributed by atoms with Crippen LogP contribution >= 0.6 is 0 Å². The Kier molecular flexibility index (Phi) is 8.81. The van der Waals surface area contributed by atoms with Crippen LogP contribution in [0.1, 0.15) is 29.8 Å². The van der Waals surface area contributed by atoms with Gasteiger partial charge >= 0.3 is 5.97 Å². The molecule has 0 aliphatic heterocycles. The first kappa shape index (κ1) is 22.6. The molecule has 0 aliphatic carbocycles.